The van der Waals surface area contributed by atoms with Gasteiger partial charge in [0.15, 0.2) is 0 Å². The van der Waals surface area contributed by atoms with Crippen LogP contribution in [0.4, 0.5) is 17.0 Å². The van der Waals surface area contributed by atoms with E-state index in [1.807, 2.05) is 23.9 Å². The maximum Gasteiger partial charge on any atom is 0.273 e. The molecule has 4 heterocycles. The van der Waals surface area contributed by atoms with Crippen molar-refractivity contribution < 1.29 is 4.79 Å². The quantitative estimate of drug-likeness (QED) is 0.837. The summed E-state index contributed by atoms with van der Waals surface area (Å²) in [4.78, 5) is 32.8. The number of carbonyl (C=O) groups excluding carboxylic acids is 1. The molecule has 0 saturated carbocycles. The highest BCUT2D eigenvalue weighted by atomic mass is 32.1. The number of hydrogen-bond donors (Lipinski definition) is 1. The Labute approximate surface area is 162 Å². The van der Waals surface area contributed by atoms with Gasteiger partial charge < -0.3 is 20.0 Å². The molecule has 1 amide bonds. The zero-order valence-corrected chi connectivity index (χ0v) is 16.7. The predicted octanol–water partition coefficient (Wildman–Crippen LogP) is 1.23. The predicted molar refractivity (Wildman–Crippen MR) is 106 cm³/mol. The number of aromatic nitrogens is 4. The molecule has 27 heavy (non-hydrogen) atoms. The van der Waals surface area contributed by atoms with Gasteiger partial charge in [-0.15, -0.1) is 0 Å². The second-order valence-electron chi connectivity index (χ2n) is 7.01. The van der Waals surface area contributed by atoms with Crippen molar-refractivity contribution in [3.05, 3.63) is 17.0 Å². The first-order valence-electron chi connectivity index (χ1n) is 9.19. The molecule has 0 radical (unpaired) electrons. The highest BCUT2D eigenvalue weighted by Gasteiger charge is 2.30. The summed E-state index contributed by atoms with van der Waals surface area (Å²) >= 11 is 1.38. The average Bonchev–Trinajstić information content (AvgIpc) is 3.38. The van der Waals surface area contributed by atoms with Crippen LogP contribution < -0.4 is 15.1 Å². The SMILES string of the molecule is CNc1nc2c(c(C(=O)N3CCCC3)n1)CN(c1nc(N(C)C)ns1)CC2. The van der Waals surface area contributed by atoms with Crippen LogP contribution in [-0.2, 0) is 13.0 Å². The lowest BCUT2D eigenvalue weighted by molar-refractivity contribution is 0.0785. The van der Waals surface area contributed by atoms with E-state index in [0.717, 1.165) is 55.3 Å². The van der Waals surface area contributed by atoms with Crippen molar-refractivity contribution in [3.8, 4) is 0 Å². The molecular formula is C17H24N8OS. The Morgan fingerprint density at radius 3 is 2.59 bits per heavy atom. The number of amides is 1. The largest absolute Gasteiger partial charge is 0.357 e. The van der Waals surface area contributed by atoms with Gasteiger partial charge in [0, 0.05) is 70.8 Å². The van der Waals surface area contributed by atoms with Gasteiger partial charge in [0.05, 0.1) is 5.69 Å². The smallest absolute Gasteiger partial charge is 0.273 e. The molecule has 0 unspecified atom stereocenters. The molecule has 0 aromatic carbocycles. The third-order valence-corrected chi connectivity index (χ3v) is 5.72. The van der Waals surface area contributed by atoms with Crippen LogP contribution in [0.1, 0.15) is 34.6 Å². The van der Waals surface area contributed by atoms with Crippen molar-refractivity contribution in [1.29, 1.82) is 0 Å². The lowest BCUT2D eigenvalue weighted by Gasteiger charge is -2.29. The molecule has 2 aromatic heterocycles. The summed E-state index contributed by atoms with van der Waals surface area (Å²) in [5.41, 5.74) is 2.39. The van der Waals surface area contributed by atoms with E-state index in [1.165, 1.54) is 11.5 Å². The molecule has 1 fully saturated rings. The maximum absolute atomic E-state index is 13.1. The Morgan fingerprint density at radius 2 is 1.93 bits per heavy atom. The maximum atomic E-state index is 13.1. The second kappa shape index (κ2) is 7.26. The third-order valence-electron chi connectivity index (χ3n) is 4.95. The van der Waals surface area contributed by atoms with Crippen LogP contribution in [0, 0.1) is 0 Å². The van der Waals surface area contributed by atoms with Gasteiger partial charge in [-0.25, -0.2) is 9.97 Å². The molecule has 0 atom stereocenters. The summed E-state index contributed by atoms with van der Waals surface area (Å²) in [6.45, 7) is 2.99. The van der Waals surface area contributed by atoms with Crippen LogP contribution in [0.15, 0.2) is 0 Å². The molecule has 2 aliphatic rings. The zero-order valence-electron chi connectivity index (χ0n) is 15.9. The first-order valence-corrected chi connectivity index (χ1v) is 9.97. The van der Waals surface area contributed by atoms with Crippen LogP contribution in [-0.4, -0.2) is 70.9 Å². The van der Waals surface area contributed by atoms with Crippen molar-refractivity contribution >= 4 is 34.5 Å². The van der Waals surface area contributed by atoms with Gasteiger partial charge in [-0.2, -0.15) is 9.36 Å². The molecule has 2 aromatic rings. The summed E-state index contributed by atoms with van der Waals surface area (Å²) in [5, 5.41) is 3.85. The minimum atomic E-state index is 0.00995. The lowest BCUT2D eigenvalue weighted by Crippen LogP contribution is -2.36. The molecule has 2 aliphatic heterocycles. The Kier molecular flexibility index (Phi) is 4.81. The van der Waals surface area contributed by atoms with E-state index < -0.39 is 0 Å². The monoisotopic (exact) mass is 388 g/mol. The first kappa shape index (κ1) is 17.9. The summed E-state index contributed by atoms with van der Waals surface area (Å²) in [6, 6.07) is 0. The van der Waals surface area contributed by atoms with Gasteiger partial charge in [-0.05, 0) is 12.8 Å². The van der Waals surface area contributed by atoms with Crippen molar-refractivity contribution in [3.63, 3.8) is 0 Å². The number of anilines is 3. The number of nitrogens with one attached hydrogen (secondary N) is 1. The summed E-state index contributed by atoms with van der Waals surface area (Å²) < 4.78 is 4.39. The fourth-order valence-electron chi connectivity index (χ4n) is 3.45. The summed E-state index contributed by atoms with van der Waals surface area (Å²) in [6.07, 6.45) is 2.87. The van der Waals surface area contributed by atoms with Gasteiger partial charge in [0.2, 0.25) is 17.0 Å². The van der Waals surface area contributed by atoms with E-state index in [0.29, 0.717) is 24.1 Å². The zero-order chi connectivity index (χ0) is 19.0. The molecule has 1 saturated heterocycles. The lowest BCUT2D eigenvalue weighted by atomic mass is 10.0. The third kappa shape index (κ3) is 3.41. The topological polar surface area (TPSA) is 90.4 Å². The number of fused-ring (bicyclic) bond motifs is 1. The normalized spacial score (nSPS) is 16.4. The van der Waals surface area contributed by atoms with Crippen molar-refractivity contribution in [2.24, 2.45) is 0 Å². The van der Waals surface area contributed by atoms with Crippen LogP contribution in [0.25, 0.3) is 0 Å². The molecule has 4 rings (SSSR count). The van der Waals surface area contributed by atoms with Crippen LogP contribution >= 0.6 is 11.5 Å². The average molecular weight is 389 g/mol. The van der Waals surface area contributed by atoms with Gasteiger partial charge >= 0.3 is 0 Å². The minimum absolute atomic E-state index is 0.00995. The Morgan fingerprint density at radius 1 is 1.15 bits per heavy atom. The summed E-state index contributed by atoms with van der Waals surface area (Å²) in [5.74, 6) is 1.22. The Hall–Kier alpha value is -2.49. The van der Waals surface area contributed by atoms with Crippen molar-refractivity contribution in [2.75, 3.05) is 55.9 Å². The number of carbonyl (C=O) groups is 1. The molecule has 1 N–H and O–H groups in total. The minimum Gasteiger partial charge on any atom is -0.357 e. The fourth-order valence-corrected chi connectivity index (χ4v) is 4.22. The van der Waals surface area contributed by atoms with E-state index in [2.05, 4.69) is 29.5 Å². The number of rotatable bonds is 4. The van der Waals surface area contributed by atoms with E-state index in [4.69, 9.17) is 0 Å². The highest BCUT2D eigenvalue weighted by molar-refractivity contribution is 7.09. The van der Waals surface area contributed by atoms with Gasteiger partial charge in [-0.1, -0.05) is 0 Å². The molecule has 0 bridgehead atoms. The summed E-state index contributed by atoms with van der Waals surface area (Å²) in [7, 11) is 5.64. The molecule has 0 aliphatic carbocycles. The first-order chi connectivity index (χ1) is 13.1. The standard InChI is InChI=1S/C17H24N8OS/c1-18-15-19-12-6-9-25(17-21-16(22-27-17)23(2)3)10-11(12)13(20-15)14(26)24-7-4-5-8-24/h4-10H2,1-3H3,(H,18,19,20). The van der Waals surface area contributed by atoms with E-state index in [-0.39, 0.29) is 5.91 Å². The molecule has 144 valence electrons. The van der Waals surface area contributed by atoms with Crippen molar-refractivity contribution in [2.45, 2.75) is 25.8 Å². The molecular weight excluding hydrogens is 364 g/mol. The van der Waals surface area contributed by atoms with Crippen LogP contribution in [0.3, 0.4) is 0 Å². The molecule has 9 nitrogen and oxygen atoms in total. The van der Waals surface area contributed by atoms with Gasteiger partial charge in [-0.3, -0.25) is 4.79 Å². The highest BCUT2D eigenvalue weighted by Crippen LogP contribution is 2.29. The van der Waals surface area contributed by atoms with E-state index >= 15 is 0 Å². The Balaban J connectivity index is 1.67. The molecule has 10 heteroatoms. The van der Waals surface area contributed by atoms with Crippen LogP contribution in [0.5, 0.6) is 0 Å². The second-order valence-corrected chi connectivity index (χ2v) is 7.74. The fraction of sp³-hybridized carbons (Fsp3) is 0.588. The Bertz CT molecular complexity index is 845. The molecule has 0 spiro atoms. The van der Waals surface area contributed by atoms with Gasteiger partial charge in [0.25, 0.3) is 5.91 Å². The number of hydrogen-bond acceptors (Lipinski definition) is 9. The van der Waals surface area contributed by atoms with Crippen molar-refractivity contribution in [1.82, 2.24) is 24.2 Å². The van der Waals surface area contributed by atoms with E-state index in [9.17, 15) is 4.79 Å². The number of nitrogens with zero attached hydrogens (tertiary/aromatic N) is 7. The van der Waals surface area contributed by atoms with Gasteiger partial charge in [0.1, 0.15) is 5.69 Å². The van der Waals surface area contributed by atoms with E-state index in [1.54, 1.807) is 7.05 Å². The van der Waals surface area contributed by atoms with Crippen LogP contribution in [0.2, 0.25) is 0 Å². The number of likely N-dealkylation sites (tertiary alicyclic amines) is 1.